The molecule has 0 aliphatic heterocycles. The first-order chi connectivity index (χ1) is 34.0. The first-order valence-corrected chi connectivity index (χ1v) is 30.9. The lowest BCUT2D eigenvalue weighted by Gasteiger charge is -2.24. The molecule has 0 amide bonds. The van der Waals surface area contributed by atoms with Crippen LogP contribution < -0.4 is 0 Å². The average molecular weight is 1010 g/mol. The zero-order valence-electron chi connectivity index (χ0n) is 46.5. The van der Waals surface area contributed by atoms with Gasteiger partial charge in [0.1, 0.15) is 19.8 Å². The highest BCUT2D eigenvalue weighted by molar-refractivity contribution is 7.47. The molecule has 0 heterocycles. The summed E-state index contributed by atoms with van der Waals surface area (Å²) < 4.78 is 34.6. The van der Waals surface area contributed by atoms with Crippen molar-refractivity contribution in [2.75, 3.05) is 47.5 Å². The number of carbonyl (C=O) groups excluding carboxylic acids is 2. The number of likely N-dealkylation sites (N-methyl/N-ethyl adjacent to an activating group) is 1. The fourth-order valence-electron chi connectivity index (χ4n) is 8.25. The number of unbranched alkanes of at least 4 members (excludes halogenated alkanes) is 32. The Morgan fingerprint density at radius 2 is 0.771 bits per heavy atom. The monoisotopic (exact) mass is 1010 g/mol. The maximum absolute atomic E-state index is 12.8. The van der Waals surface area contributed by atoms with Crippen molar-refractivity contribution in [1.82, 2.24) is 0 Å². The van der Waals surface area contributed by atoms with Crippen molar-refractivity contribution in [3.8, 4) is 0 Å². The molecule has 1 N–H and O–H groups in total. The molecule has 0 aromatic heterocycles. The molecule has 70 heavy (non-hydrogen) atoms. The zero-order chi connectivity index (χ0) is 51.3. The molecular formula is C60H113NO8P+. The van der Waals surface area contributed by atoms with Gasteiger partial charge in [0.2, 0.25) is 0 Å². The molecule has 410 valence electrons. The van der Waals surface area contributed by atoms with Gasteiger partial charge in [-0.2, -0.15) is 0 Å². The summed E-state index contributed by atoms with van der Waals surface area (Å²) in [6, 6.07) is 0. The molecule has 9 nitrogen and oxygen atoms in total. The predicted molar refractivity (Wildman–Crippen MR) is 298 cm³/mol. The molecule has 0 fully saturated rings. The van der Waals surface area contributed by atoms with Crippen LogP contribution >= 0.6 is 7.82 Å². The summed E-state index contributed by atoms with van der Waals surface area (Å²) in [5.74, 6) is -0.793. The van der Waals surface area contributed by atoms with Gasteiger partial charge in [0.25, 0.3) is 0 Å². The zero-order valence-corrected chi connectivity index (χ0v) is 47.4. The molecule has 0 radical (unpaired) electrons. The van der Waals surface area contributed by atoms with Crippen molar-refractivity contribution in [1.29, 1.82) is 0 Å². The van der Waals surface area contributed by atoms with E-state index in [1.807, 2.05) is 21.1 Å². The number of phosphoric acid groups is 1. The number of hydrogen-bond acceptors (Lipinski definition) is 7. The third-order valence-corrected chi connectivity index (χ3v) is 13.8. The quantitative estimate of drug-likeness (QED) is 0.0211. The van der Waals surface area contributed by atoms with Crippen LogP contribution in [0.15, 0.2) is 48.6 Å². The molecule has 0 saturated carbocycles. The van der Waals surface area contributed by atoms with E-state index in [4.69, 9.17) is 18.5 Å². The second kappa shape index (κ2) is 51.9. The Balaban J connectivity index is 4.15. The summed E-state index contributed by atoms with van der Waals surface area (Å²) in [5.41, 5.74) is 0. The van der Waals surface area contributed by atoms with Crippen LogP contribution in [0, 0.1) is 0 Å². The van der Waals surface area contributed by atoms with Gasteiger partial charge in [0.05, 0.1) is 27.7 Å². The van der Waals surface area contributed by atoms with E-state index in [0.29, 0.717) is 17.4 Å². The summed E-state index contributed by atoms with van der Waals surface area (Å²) in [7, 11) is 1.48. The predicted octanol–water partition coefficient (Wildman–Crippen LogP) is 18.1. The number of esters is 2. The lowest BCUT2D eigenvalue weighted by molar-refractivity contribution is -0.870. The standard InChI is InChI=1S/C60H112NO8P/c1-6-8-10-12-14-16-18-20-22-24-26-27-28-29-30-31-32-33-35-37-39-41-43-45-47-49-51-53-60(63)69-58(57-68-70(64,65)67-55-54-61(3,4)5)56-66-59(62)52-50-48-46-44-42-40-38-36-34-25-23-21-19-17-15-13-11-9-7-2/h18,20-21,23-24,26,28-29,58H,6-17,19,22,25,27,30-57H2,1-5H3/p+1/b20-18-,23-21-,26-24-,29-28-. The maximum atomic E-state index is 12.8. The van der Waals surface area contributed by atoms with E-state index >= 15 is 0 Å². The van der Waals surface area contributed by atoms with Crippen LogP contribution in [0.3, 0.4) is 0 Å². The second-order valence-electron chi connectivity index (χ2n) is 21.0. The number of rotatable bonds is 54. The van der Waals surface area contributed by atoms with Gasteiger partial charge >= 0.3 is 19.8 Å². The number of allylic oxidation sites excluding steroid dienone is 8. The summed E-state index contributed by atoms with van der Waals surface area (Å²) in [4.78, 5) is 35.7. The second-order valence-corrected chi connectivity index (χ2v) is 22.5. The molecule has 0 aromatic carbocycles. The Kier molecular flexibility index (Phi) is 50.4. The third-order valence-electron chi connectivity index (χ3n) is 12.8. The van der Waals surface area contributed by atoms with Crippen LogP contribution in [0.2, 0.25) is 0 Å². The van der Waals surface area contributed by atoms with Crippen LogP contribution in [0.5, 0.6) is 0 Å². The molecule has 0 aliphatic carbocycles. The van der Waals surface area contributed by atoms with E-state index in [1.165, 1.54) is 186 Å². The Morgan fingerprint density at radius 1 is 0.443 bits per heavy atom. The molecule has 0 aliphatic rings. The molecule has 0 spiro atoms. The molecule has 10 heteroatoms. The topological polar surface area (TPSA) is 108 Å². The average Bonchev–Trinajstić information content (AvgIpc) is 3.32. The molecule has 0 saturated heterocycles. The molecule has 2 atom stereocenters. The van der Waals surface area contributed by atoms with Crippen molar-refractivity contribution in [2.45, 2.75) is 277 Å². The van der Waals surface area contributed by atoms with Crippen molar-refractivity contribution < 1.29 is 42.1 Å². The molecule has 0 rings (SSSR count). The number of hydrogen-bond donors (Lipinski definition) is 1. The van der Waals surface area contributed by atoms with Crippen molar-refractivity contribution in [3.05, 3.63) is 48.6 Å². The first-order valence-electron chi connectivity index (χ1n) is 29.4. The van der Waals surface area contributed by atoms with E-state index in [9.17, 15) is 19.0 Å². The van der Waals surface area contributed by atoms with E-state index in [0.717, 1.165) is 51.4 Å². The van der Waals surface area contributed by atoms with Crippen LogP contribution in [-0.4, -0.2) is 74.9 Å². The highest BCUT2D eigenvalue weighted by Gasteiger charge is 2.27. The van der Waals surface area contributed by atoms with Crippen molar-refractivity contribution in [2.24, 2.45) is 0 Å². The minimum atomic E-state index is -4.39. The molecule has 0 bridgehead atoms. The van der Waals surface area contributed by atoms with E-state index in [2.05, 4.69) is 62.5 Å². The molecular weight excluding hydrogens is 894 g/mol. The highest BCUT2D eigenvalue weighted by Crippen LogP contribution is 2.43. The van der Waals surface area contributed by atoms with Gasteiger partial charge in [-0.05, 0) is 77.0 Å². The van der Waals surface area contributed by atoms with Gasteiger partial charge in [-0.25, -0.2) is 4.57 Å². The van der Waals surface area contributed by atoms with Gasteiger partial charge in [0, 0.05) is 12.8 Å². The third kappa shape index (κ3) is 55.3. The normalized spacial score (nSPS) is 13.6. The van der Waals surface area contributed by atoms with Crippen LogP contribution in [0.1, 0.15) is 271 Å². The summed E-state index contributed by atoms with van der Waals surface area (Å²) >= 11 is 0. The van der Waals surface area contributed by atoms with Crippen LogP contribution in [0.25, 0.3) is 0 Å². The number of phosphoric ester groups is 1. The van der Waals surface area contributed by atoms with Crippen molar-refractivity contribution >= 4 is 19.8 Å². The minimum absolute atomic E-state index is 0.0309. The number of nitrogens with zero attached hydrogens (tertiary/aromatic N) is 1. The van der Waals surface area contributed by atoms with E-state index < -0.39 is 26.5 Å². The number of ether oxygens (including phenoxy) is 2. The lowest BCUT2D eigenvalue weighted by atomic mass is 10.0. The van der Waals surface area contributed by atoms with E-state index in [-0.39, 0.29) is 32.0 Å². The van der Waals surface area contributed by atoms with Crippen LogP contribution in [0.4, 0.5) is 0 Å². The Labute approximate surface area is 433 Å². The van der Waals surface area contributed by atoms with Crippen molar-refractivity contribution in [3.63, 3.8) is 0 Å². The van der Waals surface area contributed by atoms with Gasteiger partial charge in [-0.1, -0.05) is 229 Å². The maximum Gasteiger partial charge on any atom is 0.472 e. The lowest BCUT2D eigenvalue weighted by Crippen LogP contribution is -2.37. The largest absolute Gasteiger partial charge is 0.472 e. The summed E-state index contributed by atoms with van der Waals surface area (Å²) in [6.45, 7) is 4.44. The fourth-order valence-corrected chi connectivity index (χ4v) is 9.00. The summed E-state index contributed by atoms with van der Waals surface area (Å²) in [6.07, 6.45) is 64.6. The fraction of sp³-hybridized carbons (Fsp3) is 0.833. The first kappa shape index (κ1) is 68.0. The number of quaternary nitrogens is 1. The highest BCUT2D eigenvalue weighted by atomic mass is 31.2. The molecule has 0 aromatic rings. The van der Waals surface area contributed by atoms with Gasteiger partial charge in [-0.15, -0.1) is 0 Å². The Bertz CT molecular complexity index is 1320. The Hall–Kier alpha value is -2.03. The SMILES string of the molecule is CCCCCCC/C=C\C/C=C\C/C=C\CCCCCCCCCCCCCCC(=O)OC(COC(=O)CCCCCCCCCCC/C=C\CCCCCCCC)COP(=O)(O)OCC[N+](C)(C)C. The van der Waals surface area contributed by atoms with Gasteiger partial charge in [-0.3, -0.25) is 18.6 Å². The van der Waals surface area contributed by atoms with Crippen LogP contribution in [-0.2, 0) is 32.7 Å². The smallest absolute Gasteiger partial charge is 0.462 e. The summed E-state index contributed by atoms with van der Waals surface area (Å²) in [5, 5.41) is 0. The molecule has 2 unspecified atom stereocenters. The Morgan fingerprint density at radius 3 is 1.16 bits per heavy atom. The minimum Gasteiger partial charge on any atom is -0.462 e. The van der Waals surface area contributed by atoms with Gasteiger partial charge in [0.15, 0.2) is 6.10 Å². The van der Waals surface area contributed by atoms with Gasteiger partial charge < -0.3 is 18.9 Å². The van der Waals surface area contributed by atoms with E-state index in [1.54, 1.807) is 0 Å². The number of carbonyl (C=O) groups is 2.